The van der Waals surface area contributed by atoms with Gasteiger partial charge in [-0.2, -0.15) is 0 Å². The summed E-state index contributed by atoms with van der Waals surface area (Å²) in [6.45, 7) is 3.82. The molecule has 126 valence electrons. The normalized spacial score (nSPS) is 27.0. The largest absolute Gasteiger partial charge is 0.362 e. The first-order valence-corrected chi connectivity index (χ1v) is 9.25. The van der Waals surface area contributed by atoms with Crippen LogP contribution in [0.5, 0.6) is 0 Å². The Bertz CT molecular complexity index is 796. The van der Waals surface area contributed by atoms with E-state index in [1.807, 2.05) is 13.8 Å². The molecule has 1 aliphatic heterocycles. The third kappa shape index (κ3) is 2.97. The molecule has 0 saturated carbocycles. The fourth-order valence-corrected chi connectivity index (χ4v) is 4.52. The van der Waals surface area contributed by atoms with Crippen molar-refractivity contribution in [2.24, 2.45) is 0 Å². The van der Waals surface area contributed by atoms with E-state index in [4.69, 9.17) is 5.41 Å². The number of hydrogen-bond donors (Lipinski definition) is 2. The first-order valence-electron chi connectivity index (χ1n) is 7.47. The highest BCUT2D eigenvalue weighted by Crippen LogP contribution is 2.45. The summed E-state index contributed by atoms with van der Waals surface area (Å²) in [7, 11) is 0. The zero-order chi connectivity index (χ0) is 17.5. The van der Waals surface area contributed by atoms with Crippen LogP contribution in [0.1, 0.15) is 25.0 Å². The van der Waals surface area contributed by atoms with Gasteiger partial charge >= 0.3 is 0 Å². The van der Waals surface area contributed by atoms with Crippen molar-refractivity contribution in [3.05, 3.63) is 69.7 Å². The summed E-state index contributed by atoms with van der Waals surface area (Å²) in [5, 5.41) is 11.7. The van der Waals surface area contributed by atoms with Crippen molar-refractivity contribution in [2.45, 2.75) is 24.1 Å². The van der Waals surface area contributed by atoms with E-state index in [-0.39, 0.29) is 17.5 Å². The second-order valence-electron chi connectivity index (χ2n) is 6.29. The molecule has 3 rings (SSSR count). The highest BCUT2D eigenvalue weighted by molar-refractivity contribution is 9.10. The van der Waals surface area contributed by atoms with Crippen molar-refractivity contribution in [2.75, 3.05) is 5.75 Å². The molecule has 24 heavy (non-hydrogen) atoms. The lowest BCUT2D eigenvalue weighted by Crippen LogP contribution is -2.56. The van der Waals surface area contributed by atoms with Crippen molar-refractivity contribution < 1.29 is 8.78 Å². The maximum atomic E-state index is 14.3. The van der Waals surface area contributed by atoms with Gasteiger partial charge in [-0.1, -0.05) is 28.1 Å². The molecule has 0 aromatic heterocycles. The Balaban J connectivity index is 1.93. The fraction of sp³-hybridized carbons (Fsp3) is 0.278. The number of benzene rings is 2. The monoisotopic (exact) mass is 410 g/mol. The highest BCUT2D eigenvalue weighted by Gasteiger charge is 2.44. The second-order valence-corrected chi connectivity index (χ2v) is 8.59. The molecular weight excluding hydrogens is 394 g/mol. The minimum atomic E-state index is -0.685. The molecule has 1 aliphatic rings. The number of amidine groups is 1. The molecule has 0 aliphatic carbocycles. The second kappa shape index (κ2) is 6.15. The van der Waals surface area contributed by atoms with Gasteiger partial charge in [0.2, 0.25) is 0 Å². The van der Waals surface area contributed by atoms with Crippen molar-refractivity contribution in [3.63, 3.8) is 0 Å². The summed E-state index contributed by atoms with van der Waals surface area (Å²) in [6.07, 6.45) is 0. The highest BCUT2D eigenvalue weighted by atomic mass is 79.9. The number of hydrogen-bond acceptors (Lipinski definition) is 2. The SMILES string of the molecule is CC1(c2ccc(F)cc2)SC[C@@](C)(c2cc(Br)ccc2F)NC1=N. The van der Waals surface area contributed by atoms with Crippen LogP contribution in [0.15, 0.2) is 46.9 Å². The molecule has 1 saturated heterocycles. The van der Waals surface area contributed by atoms with Gasteiger partial charge in [-0.15, -0.1) is 11.8 Å². The van der Waals surface area contributed by atoms with Gasteiger partial charge in [0.1, 0.15) is 17.5 Å². The summed E-state index contributed by atoms with van der Waals surface area (Å²) in [6, 6.07) is 11.0. The Hall–Kier alpha value is -1.40. The molecule has 0 bridgehead atoms. The third-order valence-corrected chi connectivity index (χ3v) is 6.68. The van der Waals surface area contributed by atoms with Gasteiger partial charge in [-0.25, -0.2) is 8.78 Å². The minimum absolute atomic E-state index is 0.284. The van der Waals surface area contributed by atoms with E-state index in [1.165, 1.54) is 18.2 Å². The van der Waals surface area contributed by atoms with Crippen LogP contribution >= 0.6 is 27.7 Å². The number of rotatable bonds is 2. The lowest BCUT2D eigenvalue weighted by atomic mass is 9.90. The molecule has 1 heterocycles. The predicted molar refractivity (Wildman–Crippen MR) is 98.5 cm³/mol. The molecule has 2 nitrogen and oxygen atoms in total. The minimum Gasteiger partial charge on any atom is -0.362 e. The molecule has 2 N–H and O–H groups in total. The Morgan fingerprint density at radius 1 is 1.12 bits per heavy atom. The lowest BCUT2D eigenvalue weighted by molar-refractivity contribution is 0.443. The van der Waals surface area contributed by atoms with Crippen LogP contribution in [-0.4, -0.2) is 11.6 Å². The lowest BCUT2D eigenvalue weighted by Gasteiger charge is -2.45. The third-order valence-electron chi connectivity index (χ3n) is 4.45. The molecule has 0 radical (unpaired) electrons. The van der Waals surface area contributed by atoms with E-state index >= 15 is 0 Å². The molecule has 0 spiro atoms. The Morgan fingerprint density at radius 2 is 1.79 bits per heavy atom. The molecule has 1 fully saturated rings. The molecule has 0 amide bonds. The topological polar surface area (TPSA) is 35.9 Å². The van der Waals surface area contributed by atoms with Crippen LogP contribution in [0, 0.1) is 17.0 Å². The zero-order valence-corrected chi connectivity index (χ0v) is 15.7. The Labute approximate surface area is 152 Å². The van der Waals surface area contributed by atoms with Crippen molar-refractivity contribution >= 4 is 33.5 Å². The van der Waals surface area contributed by atoms with E-state index in [2.05, 4.69) is 21.2 Å². The molecule has 2 aromatic rings. The van der Waals surface area contributed by atoms with Gasteiger partial charge in [0.15, 0.2) is 0 Å². The number of nitrogens with one attached hydrogen (secondary N) is 2. The predicted octanol–water partition coefficient (Wildman–Crippen LogP) is 5.17. The van der Waals surface area contributed by atoms with E-state index in [0.717, 1.165) is 10.0 Å². The van der Waals surface area contributed by atoms with Crippen molar-refractivity contribution in [1.29, 1.82) is 5.41 Å². The smallest absolute Gasteiger partial charge is 0.128 e. The molecule has 2 atom stereocenters. The molecule has 1 unspecified atom stereocenters. The summed E-state index contributed by atoms with van der Waals surface area (Å²) < 4.78 is 27.7. The fourth-order valence-electron chi connectivity index (χ4n) is 2.85. The number of thioether (sulfide) groups is 1. The van der Waals surface area contributed by atoms with E-state index < -0.39 is 10.3 Å². The van der Waals surface area contributed by atoms with E-state index in [9.17, 15) is 8.78 Å². The van der Waals surface area contributed by atoms with Gasteiger partial charge in [0.25, 0.3) is 0 Å². The summed E-state index contributed by atoms with van der Waals surface area (Å²) >= 11 is 4.94. The van der Waals surface area contributed by atoms with Crippen LogP contribution in [0.25, 0.3) is 0 Å². The average molecular weight is 411 g/mol. The maximum absolute atomic E-state index is 14.3. The summed E-state index contributed by atoms with van der Waals surface area (Å²) in [5.74, 6) is 0.263. The first-order chi connectivity index (χ1) is 11.2. The van der Waals surface area contributed by atoms with Gasteiger partial charge in [0, 0.05) is 15.8 Å². The zero-order valence-electron chi connectivity index (χ0n) is 13.3. The van der Waals surface area contributed by atoms with Crippen LogP contribution < -0.4 is 5.32 Å². The van der Waals surface area contributed by atoms with Crippen LogP contribution in [-0.2, 0) is 10.3 Å². The first kappa shape index (κ1) is 17.4. The van der Waals surface area contributed by atoms with Crippen molar-refractivity contribution in [1.82, 2.24) is 5.32 Å². The molecule has 6 heteroatoms. The van der Waals surface area contributed by atoms with Crippen LogP contribution in [0.3, 0.4) is 0 Å². The Morgan fingerprint density at radius 3 is 2.42 bits per heavy atom. The maximum Gasteiger partial charge on any atom is 0.128 e. The average Bonchev–Trinajstić information content (AvgIpc) is 2.54. The van der Waals surface area contributed by atoms with Crippen molar-refractivity contribution in [3.8, 4) is 0 Å². The number of halogens is 3. The summed E-state index contributed by atoms with van der Waals surface area (Å²) in [4.78, 5) is 0. The molecule has 2 aromatic carbocycles. The molecular formula is C18H17BrF2N2S. The van der Waals surface area contributed by atoms with Gasteiger partial charge in [0.05, 0.1) is 10.3 Å². The van der Waals surface area contributed by atoms with E-state index in [1.54, 1.807) is 36.0 Å². The Kier molecular flexibility index (Phi) is 4.47. The van der Waals surface area contributed by atoms with Gasteiger partial charge < -0.3 is 5.32 Å². The van der Waals surface area contributed by atoms with Gasteiger partial charge in [-0.3, -0.25) is 5.41 Å². The van der Waals surface area contributed by atoms with Crippen LogP contribution in [0.2, 0.25) is 0 Å². The van der Waals surface area contributed by atoms with E-state index in [0.29, 0.717) is 11.3 Å². The summed E-state index contributed by atoms with van der Waals surface area (Å²) in [5.41, 5.74) is 0.688. The standard InChI is InChI=1S/C18H17BrF2N2S/c1-17(14-9-12(19)5-8-15(14)21)10-24-18(2,16(22)23-17)11-3-6-13(20)7-4-11/h3-9H,10H2,1-2H3,(H2,22,23)/t17-,18?/m0/s1. The van der Waals surface area contributed by atoms with Gasteiger partial charge in [-0.05, 0) is 49.7 Å². The quantitative estimate of drug-likeness (QED) is 0.715. The van der Waals surface area contributed by atoms with Crippen LogP contribution in [0.4, 0.5) is 8.78 Å².